The van der Waals surface area contributed by atoms with Crippen molar-refractivity contribution in [2.75, 3.05) is 26.2 Å². The Morgan fingerprint density at radius 2 is 1.86 bits per heavy atom. The predicted molar refractivity (Wildman–Crippen MR) is 124 cm³/mol. The van der Waals surface area contributed by atoms with Gasteiger partial charge < -0.3 is 15.0 Å². The molecule has 0 radical (unpaired) electrons. The van der Waals surface area contributed by atoms with E-state index < -0.39 is 23.2 Å². The maximum Gasteiger partial charge on any atom is 0.325 e. The lowest BCUT2D eigenvalue weighted by Crippen LogP contribution is -2.54. The summed E-state index contributed by atoms with van der Waals surface area (Å²) < 4.78 is 33.7. The molecule has 0 bridgehead atoms. The van der Waals surface area contributed by atoms with Gasteiger partial charge in [0.05, 0.1) is 19.1 Å². The van der Waals surface area contributed by atoms with E-state index in [-0.39, 0.29) is 42.4 Å². The van der Waals surface area contributed by atoms with Crippen LogP contribution < -0.4 is 5.32 Å². The Morgan fingerprint density at radius 1 is 1.11 bits per heavy atom. The lowest BCUT2D eigenvalue weighted by Gasteiger charge is -2.41. The van der Waals surface area contributed by atoms with Gasteiger partial charge in [0, 0.05) is 43.2 Å². The molecule has 4 amide bonds. The highest BCUT2D eigenvalue weighted by Crippen LogP contribution is 2.41. The van der Waals surface area contributed by atoms with Crippen molar-refractivity contribution in [2.24, 2.45) is 5.92 Å². The van der Waals surface area contributed by atoms with E-state index in [1.165, 1.54) is 11.0 Å². The summed E-state index contributed by atoms with van der Waals surface area (Å²) in [6.45, 7) is 1.41. The number of ether oxygens (including phenoxy) is 1. The molecule has 190 valence electrons. The normalized spacial score (nSPS) is 24.9. The third-order valence-electron chi connectivity index (χ3n) is 7.51. The number of carbonyl (C=O) groups excluding carboxylic acids is 3. The van der Waals surface area contributed by atoms with Crippen LogP contribution in [0.1, 0.15) is 36.8 Å². The molecular formula is C26H28F2N4O4. The number of amides is 4. The highest BCUT2D eigenvalue weighted by Gasteiger charge is 2.57. The van der Waals surface area contributed by atoms with Gasteiger partial charge in [-0.05, 0) is 49.8 Å². The number of carbonyl (C=O) groups is 3. The van der Waals surface area contributed by atoms with E-state index in [1.54, 1.807) is 29.4 Å². The average Bonchev–Trinajstić information content (AvgIpc) is 3.50. The summed E-state index contributed by atoms with van der Waals surface area (Å²) in [4.78, 5) is 46.7. The van der Waals surface area contributed by atoms with Crippen LogP contribution in [0.15, 0.2) is 42.7 Å². The van der Waals surface area contributed by atoms with E-state index >= 15 is 0 Å². The Labute approximate surface area is 207 Å². The Kier molecular flexibility index (Phi) is 6.70. The molecule has 3 aliphatic heterocycles. The van der Waals surface area contributed by atoms with Crippen molar-refractivity contribution in [2.45, 2.75) is 43.7 Å². The third kappa shape index (κ3) is 4.34. The molecule has 4 heterocycles. The van der Waals surface area contributed by atoms with Crippen LogP contribution in [-0.4, -0.2) is 65.0 Å². The number of urea groups is 1. The van der Waals surface area contributed by atoms with Crippen molar-refractivity contribution in [3.8, 4) is 0 Å². The summed E-state index contributed by atoms with van der Waals surface area (Å²) in [6.07, 6.45) is 5.19. The number of aromatic nitrogens is 1. The molecule has 3 aliphatic rings. The van der Waals surface area contributed by atoms with Gasteiger partial charge in [0.2, 0.25) is 5.91 Å². The van der Waals surface area contributed by atoms with Gasteiger partial charge in [-0.25, -0.2) is 13.6 Å². The number of halogens is 2. The lowest BCUT2D eigenvalue weighted by molar-refractivity contribution is -0.137. The molecule has 3 saturated heterocycles. The van der Waals surface area contributed by atoms with E-state index in [4.69, 9.17) is 4.74 Å². The average molecular weight is 499 g/mol. The third-order valence-corrected chi connectivity index (χ3v) is 7.51. The first-order valence-corrected chi connectivity index (χ1v) is 12.3. The molecule has 36 heavy (non-hydrogen) atoms. The van der Waals surface area contributed by atoms with Crippen molar-refractivity contribution < 1.29 is 27.9 Å². The topological polar surface area (TPSA) is 91.8 Å². The molecule has 0 spiro atoms. The molecule has 5 rings (SSSR count). The van der Waals surface area contributed by atoms with Crippen LogP contribution in [0.4, 0.5) is 13.6 Å². The number of hydrogen-bond donors (Lipinski definition) is 1. The molecule has 1 aromatic carbocycles. The molecule has 10 heteroatoms. The first kappa shape index (κ1) is 24.3. The standard InChI is InChI=1S/C26H28F2N4O4/c27-21-6-1-7-22(28)20(21)14-23(33)31-11-8-17(9-12-31)26(18-4-2-10-29-15-18)24(34)32(25(35)30-26)16-19-5-3-13-36-19/h1-2,4,6-7,10,15,17,19H,3,5,8-9,11-14,16H2,(H,30,35)/t19-,26+/m1/s1. The number of hydrogen-bond acceptors (Lipinski definition) is 5. The van der Waals surface area contributed by atoms with Gasteiger partial charge in [0.25, 0.3) is 5.91 Å². The van der Waals surface area contributed by atoms with E-state index in [9.17, 15) is 23.2 Å². The highest BCUT2D eigenvalue weighted by molar-refractivity contribution is 6.07. The van der Waals surface area contributed by atoms with Crippen LogP contribution >= 0.6 is 0 Å². The highest BCUT2D eigenvalue weighted by atomic mass is 19.1. The second-order valence-corrected chi connectivity index (χ2v) is 9.56. The Morgan fingerprint density at radius 3 is 2.50 bits per heavy atom. The Balaban J connectivity index is 1.34. The van der Waals surface area contributed by atoms with Crippen LogP contribution in [0.25, 0.3) is 0 Å². The summed E-state index contributed by atoms with van der Waals surface area (Å²) in [6, 6.07) is 6.56. The Bertz CT molecular complexity index is 1130. The minimum atomic E-state index is -1.29. The SMILES string of the molecule is O=C(Cc1c(F)cccc1F)N1CCC([C@@]2(c3cccnc3)NC(=O)N(C[C@H]3CCCO3)C2=O)CC1. The number of nitrogens with zero attached hydrogens (tertiary/aromatic N) is 3. The molecular weight excluding hydrogens is 470 g/mol. The number of likely N-dealkylation sites (tertiary alicyclic amines) is 1. The fraction of sp³-hybridized carbons (Fsp3) is 0.462. The van der Waals surface area contributed by atoms with Crippen LogP contribution in [0.3, 0.4) is 0 Å². The van der Waals surface area contributed by atoms with Crippen LogP contribution in [0.5, 0.6) is 0 Å². The molecule has 1 N–H and O–H groups in total. The van der Waals surface area contributed by atoms with Gasteiger partial charge in [-0.1, -0.05) is 12.1 Å². The van der Waals surface area contributed by atoms with E-state index in [1.807, 2.05) is 0 Å². The van der Waals surface area contributed by atoms with Crippen molar-refractivity contribution in [1.29, 1.82) is 0 Å². The summed E-state index contributed by atoms with van der Waals surface area (Å²) in [5, 5.41) is 2.97. The zero-order valence-electron chi connectivity index (χ0n) is 19.8. The summed E-state index contributed by atoms with van der Waals surface area (Å²) in [5.41, 5.74) is -0.952. The quantitative estimate of drug-likeness (QED) is 0.619. The van der Waals surface area contributed by atoms with Gasteiger partial charge in [-0.15, -0.1) is 0 Å². The molecule has 0 saturated carbocycles. The maximum absolute atomic E-state index is 14.0. The minimum Gasteiger partial charge on any atom is -0.376 e. The molecule has 0 aliphatic carbocycles. The van der Waals surface area contributed by atoms with Crippen molar-refractivity contribution in [3.05, 3.63) is 65.5 Å². The Hall–Kier alpha value is -3.40. The number of piperidine rings is 1. The summed E-state index contributed by atoms with van der Waals surface area (Å²) in [5.74, 6) is -2.51. The lowest BCUT2D eigenvalue weighted by atomic mass is 9.73. The first-order valence-electron chi connectivity index (χ1n) is 12.3. The molecule has 3 fully saturated rings. The fourth-order valence-corrected chi connectivity index (χ4v) is 5.58. The molecule has 8 nitrogen and oxygen atoms in total. The second-order valence-electron chi connectivity index (χ2n) is 9.56. The number of pyridine rings is 1. The van der Waals surface area contributed by atoms with E-state index in [0.717, 1.165) is 25.0 Å². The largest absolute Gasteiger partial charge is 0.376 e. The number of nitrogens with one attached hydrogen (secondary N) is 1. The summed E-state index contributed by atoms with van der Waals surface area (Å²) >= 11 is 0. The molecule has 0 unspecified atom stereocenters. The van der Waals surface area contributed by atoms with Crippen molar-refractivity contribution >= 4 is 17.8 Å². The number of rotatable bonds is 6. The molecule has 1 aromatic heterocycles. The van der Waals surface area contributed by atoms with Gasteiger partial charge in [0.15, 0.2) is 5.54 Å². The smallest absolute Gasteiger partial charge is 0.325 e. The monoisotopic (exact) mass is 498 g/mol. The van der Waals surface area contributed by atoms with Crippen LogP contribution in [-0.2, 0) is 26.3 Å². The van der Waals surface area contributed by atoms with Gasteiger partial charge in [-0.2, -0.15) is 0 Å². The van der Waals surface area contributed by atoms with Crippen molar-refractivity contribution in [3.63, 3.8) is 0 Å². The van der Waals surface area contributed by atoms with Crippen LogP contribution in [0.2, 0.25) is 0 Å². The number of benzene rings is 1. The first-order chi connectivity index (χ1) is 17.4. The molecule has 2 atom stereocenters. The maximum atomic E-state index is 14.0. The number of imide groups is 1. The predicted octanol–water partition coefficient (Wildman–Crippen LogP) is 2.77. The van der Waals surface area contributed by atoms with Crippen molar-refractivity contribution in [1.82, 2.24) is 20.1 Å². The summed E-state index contributed by atoms with van der Waals surface area (Å²) in [7, 11) is 0. The zero-order valence-corrected chi connectivity index (χ0v) is 19.8. The minimum absolute atomic E-state index is 0.178. The fourth-order valence-electron chi connectivity index (χ4n) is 5.58. The van der Waals surface area contributed by atoms with E-state index in [0.29, 0.717) is 38.1 Å². The van der Waals surface area contributed by atoms with E-state index in [2.05, 4.69) is 10.3 Å². The van der Waals surface area contributed by atoms with Gasteiger partial charge in [-0.3, -0.25) is 19.5 Å². The van der Waals surface area contributed by atoms with Gasteiger partial charge >= 0.3 is 6.03 Å². The van der Waals surface area contributed by atoms with Crippen LogP contribution in [0, 0.1) is 17.6 Å². The second kappa shape index (κ2) is 9.93. The molecule has 2 aromatic rings. The zero-order chi connectivity index (χ0) is 25.3. The van der Waals surface area contributed by atoms with Gasteiger partial charge in [0.1, 0.15) is 11.6 Å².